The maximum atomic E-state index is 12.5. The lowest BCUT2D eigenvalue weighted by Gasteiger charge is -2.08. The Morgan fingerprint density at radius 1 is 1.13 bits per heavy atom. The predicted octanol–water partition coefficient (Wildman–Crippen LogP) is 3.14. The van der Waals surface area contributed by atoms with Crippen LogP contribution in [0.25, 0.3) is 0 Å². The van der Waals surface area contributed by atoms with Gasteiger partial charge in [-0.05, 0) is 24.1 Å². The molecule has 3 aromatic rings. The topological polar surface area (TPSA) is 59.8 Å². The Balaban J connectivity index is 1.82. The lowest BCUT2D eigenvalue weighted by atomic mass is 10.1. The van der Waals surface area contributed by atoms with Crippen LogP contribution in [-0.2, 0) is 13.0 Å². The molecular formula is C18H18N4O. The Labute approximate surface area is 135 Å². The Morgan fingerprint density at radius 3 is 2.61 bits per heavy atom. The highest BCUT2D eigenvalue weighted by molar-refractivity contribution is 6.04. The smallest absolute Gasteiger partial charge is 0.260 e. The Hall–Kier alpha value is -2.95. The third-order valence-electron chi connectivity index (χ3n) is 3.61. The molecule has 0 aliphatic carbocycles. The molecule has 1 aromatic carbocycles. The number of hydrogen-bond donors (Lipinski definition) is 1. The zero-order chi connectivity index (χ0) is 16.1. The summed E-state index contributed by atoms with van der Waals surface area (Å²) in [6, 6.07) is 15.5. The van der Waals surface area contributed by atoms with Gasteiger partial charge in [-0.2, -0.15) is 5.10 Å². The minimum Gasteiger partial charge on any atom is -0.306 e. The Morgan fingerprint density at radius 2 is 1.91 bits per heavy atom. The molecule has 0 fully saturated rings. The number of benzene rings is 1. The van der Waals surface area contributed by atoms with Crippen molar-refractivity contribution in [2.45, 2.75) is 19.9 Å². The van der Waals surface area contributed by atoms with Crippen molar-refractivity contribution in [2.75, 3.05) is 5.32 Å². The standard InChI is InChI=1S/C18H18N4O/c1-2-16-15(18(23)21-17-10-6-7-11-19-17)12-20-22(16)13-14-8-4-3-5-9-14/h3-12H,2,13H2,1H3,(H,19,21,23). The van der Waals surface area contributed by atoms with Crippen molar-refractivity contribution in [3.63, 3.8) is 0 Å². The van der Waals surface area contributed by atoms with E-state index in [2.05, 4.69) is 27.5 Å². The second kappa shape index (κ2) is 6.87. The highest BCUT2D eigenvalue weighted by atomic mass is 16.1. The van der Waals surface area contributed by atoms with Crippen LogP contribution in [-0.4, -0.2) is 20.7 Å². The van der Waals surface area contributed by atoms with Crippen LogP contribution in [0.15, 0.2) is 60.9 Å². The average Bonchev–Trinajstić information content (AvgIpc) is 2.99. The number of aromatic nitrogens is 3. The summed E-state index contributed by atoms with van der Waals surface area (Å²) in [5.74, 6) is 0.357. The lowest BCUT2D eigenvalue weighted by molar-refractivity contribution is 0.102. The summed E-state index contributed by atoms with van der Waals surface area (Å²) in [6.07, 6.45) is 4.01. The monoisotopic (exact) mass is 306 g/mol. The molecule has 0 bridgehead atoms. The molecule has 0 unspecified atom stereocenters. The predicted molar refractivity (Wildman–Crippen MR) is 89.3 cm³/mol. The molecule has 0 aliphatic rings. The molecule has 5 nitrogen and oxygen atoms in total. The Kier molecular flexibility index (Phi) is 4.47. The zero-order valence-electron chi connectivity index (χ0n) is 12.9. The van der Waals surface area contributed by atoms with Crippen LogP contribution in [0, 0.1) is 0 Å². The van der Waals surface area contributed by atoms with Crippen LogP contribution in [0.4, 0.5) is 5.82 Å². The number of amides is 1. The van der Waals surface area contributed by atoms with E-state index in [0.717, 1.165) is 17.7 Å². The van der Waals surface area contributed by atoms with Gasteiger partial charge in [-0.3, -0.25) is 9.48 Å². The van der Waals surface area contributed by atoms with Crippen LogP contribution >= 0.6 is 0 Å². The molecule has 0 atom stereocenters. The first-order valence-electron chi connectivity index (χ1n) is 7.59. The summed E-state index contributed by atoms with van der Waals surface area (Å²) in [7, 11) is 0. The fourth-order valence-corrected chi connectivity index (χ4v) is 2.49. The number of nitrogens with zero attached hydrogens (tertiary/aromatic N) is 3. The average molecular weight is 306 g/mol. The second-order valence-corrected chi connectivity index (χ2v) is 5.17. The summed E-state index contributed by atoms with van der Waals surface area (Å²) >= 11 is 0. The van der Waals surface area contributed by atoms with E-state index in [0.29, 0.717) is 17.9 Å². The van der Waals surface area contributed by atoms with Gasteiger partial charge in [0.2, 0.25) is 0 Å². The van der Waals surface area contributed by atoms with Gasteiger partial charge in [-0.15, -0.1) is 0 Å². The number of pyridine rings is 1. The molecule has 1 N–H and O–H groups in total. The molecule has 23 heavy (non-hydrogen) atoms. The summed E-state index contributed by atoms with van der Waals surface area (Å²) in [6.45, 7) is 2.68. The first-order valence-corrected chi connectivity index (χ1v) is 7.59. The maximum Gasteiger partial charge on any atom is 0.260 e. The van der Waals surface area contributed by atoms with Gasteiger partial charge < -0.3 is 5.32 Å². The SMILES string of the molecule is CCc1c(C(=O)Nc2ccccn2)cnn1Cc1ccccc1. The molecule has 2 heterocycles. The lowest BCUT2D eigenvalue weighted by Crippen LogP contribution is -2.15. The van der Waals surface area contributed by atoms with E-state index in [-0.39, 0.29) is 5.91 Å². The van der Waals surface area contributed by atoms with E-state index < -0.39 is 0 Å². The molecule has 1 amide bonds. The van der Waals surface area contributed by atoms with Gasteiger partial charge in [-0.25, -0.2) is 4.98 Å². The molecule has 3 rings (SSSR count). The van der Waals surface area contributed by atoms with E-state index >= 15 is 0 Å². The van der Waals surface area contributed by atoms with Gasteiger partial charge in [0.25, 0.3) is 5.91 Å². The first kappa shape index (κ1) is 15.0. The first-order chi connectivity index (χ1) is 11.3. The van der Waals surface area contributed by atoms with Crippen LogP contribution in [0.1, 0.15) is 28.5 Å². The normalized spacial score (nSPS) is 10.5. The number of nitrogens with one attached hydrogen (secondary N) is 1. The van der Waals surface area contributed by atoms with Gasteiger partial charge in [0.1, 0.15) is 5.82 Å². The maximum absolute atomic E-state index is 12.5. The number of rotatable bonds is 5. The second-order valence-electron chi connectivity index (χ2n) is 5.17. The van der Waals surface area contributed by atoms with Crippen molar-refractivity contribution in [2.24, 2.45) is 0 Å². The van der Waals surface area contributed by atoms with Crippen LogP contribution in [0.3, 0.4) is 0 Å². The quantitative estimate of drug-likeness (QED) is 0.788. The third-order valence-corrected chi connectivity index (χ3v) is 3.61. The molecule has 0 saturated carbocycles. The number of hydrogen-bond acceptors (Lipinski definition) is 3. The van der Waals surface area contributed by atoms with E-state index in [1.807, 2.05) is 41.9 Å². The van der Waals surface area contributed by atoms with Crippen molar-refractivity contribution >= 4 is 11.7 Å². The van der Waals surface area contributed by atoms with Crippen molar-refractivity contribution in [3.8, 4) is 0 Å². The number of anilines is 1. The van der Waals surface area contributed by atoms with E-state index in [9.17, 15) is 4.79 Å². The third kappa shape index (κ3) is 3.45. The summed E-state index contributed by atoms with van der Waals surface area (Å²) < 4.78 is 1.88. The van der Waals surface area contributed by atoms with Crippen LogP contribution in [0.5, 0.6) is 0 Å². The fourth-order valence-electron chi connectivity index (χ4n) is 2.49. The van der Waals surface area contributed by atoms with Gasteiger partial charge in [0.05, 0.1) is 24.0 Å². The fraction of sp³-hybridized carbons (Fsp3) is 0.167. The molecule has 0 saturated heterocycles. The Bertz CT molecular complexity index is 781. The number of carbonyl (C=O) groups excluding carboxylic acids is 1. The molecule has 0 spiro atoms. The van der Waals surface area contributed by atoms with Gasteiger partial charge >= 0.3 is 0 Å². The minimum absolute atomic E-state index is 0.181. The van der Waals surface area contributed by atoms with Gasteiger partial charge in [0.15, 0.2) is 0 Å². The highest BCUT2D eigenvalue weighted by Crippen LogP contribution is 2.14. The summed E-state index contributed by atoms with van der Waals surface area (Å²) in [5.41, 5.74) is 2.67. The molecule has 116 valence electrons. The summed E-state index contributed by atoms with van der Waals surface area (Å²) in [5, 5.41) is 7.19. The van der Waals surface area contributed by atoms with Gasteiger partial charge in [-0.1, -0.05) is 43.3 Å². The molecule has 0 radical (unpaired) electrons. The zero-order valence-corrected chi connectivity index (χ0v) is 12.9. The largest absolute Gasteiger partial charge is 0.306 e. The van der Waals surface area contributed by atoms with Crippen LogP contribution in [0.2, 0.25) is 0 Å². The molecule has 2 aromatic heterocycles. The number of carbonyl (C=O) groups is 1. The molecule has 5 heteroatoms. The van der Waals surface area contributed by atoms with Gasteiger partial charge in [0, 0.05) is 6.20 Å². The van der Waals surface area contributed by atoms with Crippen molar-refractivity contribution < 1.29 is 4.79 Å². The highest BCUT2D eigenvalue weighted by Gasteiger charge is 2.16. The van der Waals surface area contributed by atoms with Crippen LogP contribution < -0.4 is 5.32 Å². The molecule has 0 aliphatic heterocycles. The molecular weight excluding hydrogens is 288 g/mol. The van der Waals surface area contributed by atoms with Crippen molar-refractivity contribution in [3.05, 3.63) is 77.7 Å². The minimum atomic E-state index is -0.181. The van der Waals surface area contributed by atoms with E-state index in [1.54, 1.807) is 18.5 Å². The van der Waals surface area contributed by atoms with Crippen molar-refractivity contribution in [1.29, 1.82) is 0 Å². The van der Waals surface area contributed by atoms with E-state index in [4.69, 9.17) is 0 Å². The summed E-state index contributed by atoms with van der Waals surface area (Å²) in [4.78, 5) is 16.6. The van der Waals surface area contributed by atoms with E-state index in [1.165, 1.54) is 0 Å². The van der Waals surface area contributed by atoms with Crippen molar-refractivity contribution in [1.82, 2.24) is 14.8 Å².